The van der Waals surface area contributed by atoms with Crippen LogP contribution in [0.1, 0.15) is 5.56 Å². The van der Waals surface area contributed by atoms with Crippen molar-refractivity contribution >= 4 is 22.6 Å². The molecule has 0 unspecified atom stereocenters. The normalized spacial score (nSPS) is 11.2. The average molecular weight is 420 g/mol. The summed E-state index contributed by atoms with van der Waals surface area (Å²) < 4.78 is 6.86. The first-order valence-electron chi connectivity index (χ1n) is 9.05. The quantitative estimate of drug-likeness (QED) is 0.458. The van der Waals surface area contributed by atoms with Gasteiger partial charge >= 0.3 is 0 Å². The Kier molecular flexibility index (Phi) is 4.33. The van der Waals surface area contributed by atoms with Gasteiger partial charge in [-0.3, -0.25) is 4.79 Å². The fourth-order valence-corrected chi connectivity index (χ4v) is 3.44. The lowest BCUT2D eigenvalue weighted by molar-refractivity contribution is 0.426. The monoisotopic (exact) mass is 419 g/mol. The number of nitrogens with one attached hydrogen (secondary N) is 1. The summed E-state index contributed by atoms with van der Waals surface area (Å²) in [5, 5.41) is 19.9. The molecule has 5 aromatic rings. The highest BCUT2D eigenvalue weighted by atomic mass is 35.5. The molecule has 0 amide bonds. The largest absolute Gasteiger partial charge is 0.506 e. The number of fused-ring (bicyclic) bond motifs is 1. The molecular weight excluding hydrogens is 406 g/mol. The lowest BCUT2D eigenvalue weighted by Gasteiger charge is -2.05. The van der Waals surface area contributed by atoms with E-state index in [1.807, 2.05) is 30.3 Å². The van der Waals surface area contributed by atoms with Crippen molar-refractivity contribution < 1.29 is 9.63 Å². The van der Waals surface area contributed by atoms with E-state index in [9.17, 15) is 9.90 Å². The highest BCUT2D eigenvalue weighted by Crippen LogP contribution is 2.32. The molecule has 0 bridgehead atoms. The molecule has 0 aliphatic rings. The van der Waals surface area contributed by atoms with Gasteiger partial charge < -0.3 is 14.6 Å². The Morgan fingerprint density at radius 1 is 1.13 bits per heavy atom. The Hall–Kier alpha value is -3.91. The maximum Gasteiger partial charge on any atom is 0.267 e. The van der Waals surface area contributed by atoms with E-state index in [1.165, 1.54) is 6.20 Å². The third kappa shape index (κ3) is 3.13. The summed E-state index contributed by atoms with van der Waals surface area (Å²) in [5.74, 6) is -0.109. The van der Waals surface area contributed by atoms with Gasteiger partial charge in [0.05, 0.1) is 18.1 Å². The molecule has 0 aliphatic carbocycles. The molecule has 0 aliphatic heterocycles. The molecule has 0 saturated heterocycles. The highest BCUT2D eigenvalue weighted by Gasteiger charge is 2.22. The van der Waals surface area contributed by atoms with Crippen LogP contribution in [0.15, 0.2) is 70.1 Å². The Labute approximate surface area is 174 Å². The van der Waals surface area contributed by atoms with Crippen LogP contribution in [0.2, 0.25) is 5.02 Å². The molecule has 148 valence electrons. The number of hydrogen-bond donors (Lipinski definition) is 2. The summed E-state index contributed by atoms with van der Waals surface area (Å²) in [6.45, 7) is 0.443. The van der Waals surface area contributed by atoms with Gasteiger partial charge in [0.2, 0.25) is 5.82 Å². The van der Waals surface area contributed by atoms with Crippen LogP contribution in [-0.4, -0.2) is 30.0 Å². The van der Waals surface area contributed by atoms with Gasteiger partial charge in [-0.25, -0.2) is 4.68 Å². The van der Waals surface area contributed by atoms with Gasteiger partial charge in [0.25, 0.3) is 11.4 Å². The second-order valence-electron chi connectivity index (χ2n) is 6.66. The minimum absolute atomic E-state index is 0.0959. The number of rotatable bonds is 4. The molecule has 5 rings (SSSR count). The Morgan fingerprint density at radius 3 is 2.77 bits per heavy atom. The molecular formula is C21H14ClN5O3. The Bertz CT molecular complexity index is 1420. The third-order valence-electron chi connectivity index (χ3n) is 4.69. The molecule has 3 heterocycles. The molecule has 0 spiro atoms. The molecule has 0 atom stereocenters. The zero-order chi connectivity index (χ0) is 20.7. The molecule has 9 heteroatoms. The second-order valence-corrected chi connectivity index (χ2v) is 7.10. The van der Waals surface area contributed by atoms with Crippen LogP contribution in [0.3, 0.4) is 0 Å². The van der Waals surface area contributed by atoms with Crippen molar-refractivity contribution in [2.24, 2.45) is 0 Å². The van der Waals surface area contributed by atoms with Crippen molar-refractivity contribution in [2.75, 3.05) is 0 Å². The van der Waals surface area contributed by atoms with Crippen LogP contribution >= 0.6 is 11.6 Å². The number of nitrogens with zero attached hydrogens (tertiary/aromatic N) is 4. The first-order chi connectivity index (χ1) is 14.6. The number of halogens is 1. The van der Waals surface area contributed by atoms with Crippen molar-refractivity contribution in [1.29, 1.82) is 0 Å². The number of benzene rings is 2. The van der Waals surface area contributed by atoms with Crippen molar-refractivity contribution in [3.8, 4) is 28.6 Å². The van der Waals surface area contributed by atoms with E-state index in [0.717, 1.165) is 5.56 Å². The van der Waals surface area contributed by atoms with E-state index < -0.39 is 5.56 Å². The number of H-pyrrole nitrogens is 1. The van der Waals surface area contributed by atoms with E-state index in [2.05, 4.69) is 20.2 Å². The maximum absolute atomic E-state index is 12.8. The van der Waals surface area contributed by atoms with Crippen molar-refractivity contribution in [2.45, 2.75) is 6.54 Å². The van der Waals surface area contributed by atoms with Gasteiger partial charge in [0, 0.05) is 10.6 Å². The highest BCUT2D eigenvalue weighted by molar-refractivity contribution is 6.30. The lowest BCUT2D eigenvalue weighted by atomic mass is 10.2. The standard InChI is InChI=1S/C21H14ClN5O3/c22-14-8-4-7-13(9-14)18-24-21(30-26-18)16-17(28)15-10-23-27(19(15)25-20(16)29)11-12-5-2-1-3-6-12/h1-10H,11H2,(H2,25,28,29). The fourth-order valence-electron chi connectivity index (χ4n) is 3.25. The molecule has 3 aromatic heterocycles. The zero-order valence-electron chi connectivity index (χ0n) is 15.4. The average Bonchev–Trinajstić information content (AvgIpc) is 3.37. The van der Waals surface area contributed by atoms with Crippen LogP contribution in [0.5, 0.6) is 5.75 Å². The molecule has 0 saturated carbocycles. The van der Waals surface area contributed by atoms with Crippen LogP contribution in [0, 0.1) is 0 Å². The van der Waals surface area contributed by atoms with Gasteiger partial charge in [-0.2, -0.15) is 10.1 Å². The number of aromatic nitrogens is 5. The van der Waals surface area contributed by atoms with Gasteiger partial charge in [-0.05, 0) is 17.7 Å². The minimum atomic E-state index is -0.559. The maximum atomic E-state index is 12.8. The zero-order valence-corrected chi connectivity index (χ0v) is 16.2. The predicted molar refractivity (Wildman–Crippen MR) is 111 cm³/mol. The molecule has 2 N–H and O–H groups in total. The summed E-state index contributed by atoms with van der Waals surface area (Å²) in [6, 6.07) is 16.6. The van der Waals surface area contributed by atoms with E-state index >= 15 is 0 Å². The van der Waals surface area contributed by atoms with E-state index in [1.54, 1.807) is 28.9 Å². The van der Waals surface area contributed by atoms with Gasteiger partial charge in [-0.1, -0.05) is 59.2 Å². The summed E-state index contributed by atoms with van der Waals surface area (Å²) in [5.41, 5.74) is 1.37. The second kappa shape index (κ2) is 7.16. The van der Waals surface area contributed by atoms with Crippen LogP contribution in [0.25, 0.3) is 33.9 Å². The number of pyridine rings is 1. The van der Waals surface area contributed by atoms with Crippen LogP contribution in [-0.2, 0) is 6.54 Å². The number of hydrogen-bond acceptors (Lipinski definition) is 6. The molecule has 8 nitrogen and oxygen atoms in total. The van der Waals surface area contributed by atoms with Crippen molar-refractivity contribution in [3.63, 3.8) is 0 Å². The topological polar surface area (TPSA) is 110 Å². The number of aromatic amines is 1. The third-order valence-corrected chi connectivity index (χ3v) is 4.92. The first-order valence-corrected chi connectivity index (χ1v) is 9.42. The summed E-state index contributed by atoms with van der Waals surface area (Å²) in [4.78, 5) is 19.8. The fraction of sp³-hybridized carbons (Fsp3) is 0.0476. The summed E-state index contributed by atoms with van der Waals surface area (Å²) in [6.07, 6.45) is 1.49. The van der Waals surface area contributed by atoms with E-state index in [-0.39, 0.29) is 23.0 Å². The van der Waals surface area contributed by atoms with E-state index in [0.29, 0.717) is 28.2 Å². The molecule has 0 fully saturated rings. The predicted octanol–water partition coefficient (Wildman–Crippen LogP) is 3.85. The minimum Gasteiger partial charge on any atom is -0.506 e. The van der Waals surface area contributed by atoms with Gasteiger partial charge in [-0.15, -0.1) is 0 Å². The van der Waals surface area contributed by atoms with Crippen LogP contribution in [0.4, 0.5) is 0 Å². The summed E-state index contributed by atoms with van der Waals surface area (Å²) >= 11 is 6.00. The van der Waals surface area contributed by atoms with Crippen molar-refractivity contribution in [1.82, 2.24) is 24.9 Å². The number of aromatic hydroxyl groups is 1. The first kappa shape index (κ1) is 18.1. The molecule has 0 radical (unpaired) electrons. The smallest absolute Gasteiger partial charge is 0.267 e. The van der Waals surface area contributed by atoms with E-state index in [4.69, 9.17) is 16.1 Å². The SMILES string of the molecule is O=c1[nH]c2c(cnn2Cc2ccccc2)c(O)c1-c1nc(-c2cccc(Cl)c2)no1. The molecule has 30 heavy (non-hydrogen) atoms. The van der Waals surface area contributed by atoms with Crippen LogP contribution < -0.4 is 5.56 Å². The lowest BCUT2D eigenvalue weighted by Crippen LogP contribution is -2.12. The Morgan fingerprint density at radius 2 is 1.97 bits per heavy atom. The van der Waals surface area contributed by atoms with Gasteiger partial charge in [0.15, 0.2) is 0 Å². The van der Waals surface area contributed by atoms with Crippen molar-refractivity contribution in [3.05, 3.63) is 81.7 Å². The molecule has 2 aromatic carbocycles. The summed E-state index contributed by atoms with van der Waals surface area (Å²) in [7, 11) is 0. The van der Waals surface area contributed by atoms with Gasteiger partial charge in [0.1, 0.15) is 17.0 Å². The Balaban J connectivity index is 1.57.